The van der Waals surface area contributed by atoms with E-state index in [2.05, 4.69) is 20.4 Å². The number of aromatic nitrogens is 4. The Bertz CT molecular complexity index is 1370. The fraction of sp³-hybridized carbons (Fsp3) is 0.292. The van der Waals surface area contributed by atoms with Gasteiger partial charge in [0.05, 0.1) is 23.2 Å². The normalized spacial score (nSPS) is 11.1. The van der Waals surface area contributed by atoms with Crippen molar-refractivity contribution in [2.45, 2.75) is 0 Å². The maximum atomic E-state index is 11.9. The molecular weight excluding hydrogens is 448 g/mol. The van der Waals surface area contributed by atoms with Crippen molar-refractivity contribution in [3.63, 3.8) is 0 Å². The zero-order valence-electron chi connectivity index (χ0n) is 20.4. The van der Waals surface area contributed by atoms with Crippen LogP contribution >= 0.6 is 0 Å². The van der Waals surface area contributed by atoms with Gasteiger partial charge in [-0.3, -0.25) is 19.8 Å². The molecule has 1 N–H and O–H groups in total. The highest BCUT2D eigenvalue weighted by atomic mass is 16.6. The molecule has 0 unspecified atom stereocenters. The average Bonchev–Trinajstić information content (AvgIpc) is 3.19. The largest absolute Gasteiger partial charge is 0.494 e. The summed E-state index contributed by atoms with van der Waals surface area (Å²) in [7, 11) is 9.16. The van der Waals surface area contributed by atoms with Crippen LogP contribution in [0.4, 0.5) is 22.9 Å². The second kappa shape index (κ2) is 9.94. The predicted octanol–water partition coefficient (Wildman–Crippen LogP) is 3.69. The number of pyridine rings is 2. The number of methoxy groups -OCH3 is 1. The highest BCUT2D eigenvalue weighted by molar-refractivity contribution is 5.93. The Morgan fingerprint density at radius 1 is 1.14 bits per heavy atom. The number of fused-ring (bicyclic) bond motifs is 1. The van der Waals surface area contributed by atoms with Crippen molar-refractivity contribution < 1.29 is 9.66 Å². The topological polar surface area (TPSA) is 114 Å². The van der Waals surface area contributed by atoms with Gasteiger partial charge in [-0.15, -0.1) is 0 Å². The lowest BCUT2D eigenvalue weighted by Crippen LogP contribution is -2.28. The van der Waals surface area contributed by atoms with Gasteiger partial charge in [0.2, 0.25) is 0 Å². The third-order valence-electron chi connectivity index (χ3n) is 5.74. The van der Waals surface area contributed by atoms with Crippen molar-refractivity contribution in [2.75, 3.05) is 51.6 Å². The molecule has 0 aliphatic carbocycles. The second-order valence-corrected chi connectivity index (χ2v) is 8.44. The number of aryl methyl sites for hydroxylation is 1. The average molecular weight is 477 g/mol. The van der Waals surface area contributed by atoms with Crippen LogP contribution in [0.1, 0.15) is 0 Å². The lowest BCUT2D eigenvalue weighted by Gasteiger charge is -2.23. The predicted molar refractivity (Wildman–Crippen MR) is 136 cm³/mol. The molecule has 0 aliphatic heterocycles. The highest BCUT2D eigenvalue weighted by Gasteiger charge is 2.22. The van der Waals surface area contributed by atoms with E-state index in [1.807, 2.05) is 56.2 Å². The molecule has 182 valence electrons. The highest BCUT2D eigenvalue weighted by Crippen LogP contribution is 2.39. The summed E-state index contributed by atoms with van der Waals surface area (Å²) in [6.07, 6.45) is 5.18. The van der Waals surface area contributed by atoms with E-state index in [1.54, 1.807) is 29.3 Å². The molecule has 11 nitrogen and oxygen atoms in total. The first-order valence-corrected chi connectivity index (χ1v) is 11.0. The van der Waals surface area contributed by atoms with Crippen molar-refractivity contribution in [1.29, 1.82) is 0 Å². The SMILES string of the molecule is COc1cc(N(C)CCN(C)C)c([N+](=O)[O-])cc1Nc1cc(-c2nn(C)c3ccncc23)ccn1. The zero-order chi connectivity index (χ0) is 25.1. The fourth-order valence-corrected chi connectivity index (χ4v) is 3.85. The quantitative estimate of drug-likeness (QED) is 0.285. The van der Waals surface area contributed by atoms with E-state index in [4.69, 9.17) is 4.74 Å². The van der Waals surface area contributed by atoms with Crippen LogP contribution in [0.15, 0.2) is 48.9 Å². The van der Waals surface area contributed by atoms with Crippen molar-refractivity contribution in [2.24, 2.45) is 7.05 Å². The van der Waals surface area contributed by atoms with Gasteiger partial charge in [0.15, 0.2) is 0 Å². The van der Waals surface area contributed by atoms with Gasteiger partial charge in [-0.1, -0.05) is 0 Å². The number of nitro benzene ring substituents is 1. The van der Waals surface area contributed by atoms with Crippen LogP contribution < -0.4 is 15.0 Å². The Kier molecular flexibility index (Phi) is 6.78. The van der Waals surface area contributed by atoms with Gasteiger partial charge < -0.3 is 19.9 Å². The van der Waals surface area contributed by atoms with E-state index in [0.717, 1.165) is 28.7 Å². The minimum Gasteiger partial charge on any atom is -0.494 e. The van der Waals surface area contributed by atoms with Gasteiger partial charge in [-0.25, -0.2) is 4.98 Å². The molecule has 0 amide bonds. The molecule has 3 heterocycles. The molecule has 0 spiro atoms. The Morgan fingerprint density at radius 3 is 2.66 bits per heavy atom. The van der Waals surface area contributed by atoms with E-state index in [1.165, 1.54) is 13.2 Å². The maximum absolute atomic E-state index is 11.9. The van der Waals surface area contributed by atoms with Crippen LogP contribution in [0.2, 0.25) is 0 Å². The van der Waals surface area contributed by atoms with Gasteiger partial charge >= 0.3 is 0 Å². The van der Waals surface area contributed by atoms with Crippen LogP contribution in [-0.2, 0) is 7.05 Å². The van der Waals surface area contributed by atoms with Crippen molar-refractivity contribution in [3.05, 3.63) is 59.0 Å². The smallest absolute Gasteiger partial charge is 0.294 e. The number of hydrogen-bond donors (Lipinski definition) is 1. The summed E-state index contributed by atoms with van der Waals surface area (Å²) < 4.78 is 7.37. The molecule has 0 bridgehead atoms. The molecule has 4 rings (SSSR count). The molecule has 0 fully saturated rings. The molecule has 1 aromatic carbocycles. The van der Waals surface area contributed by atoms with Crippen LogP contribution in [0.5, 0.6) is 5.75 Å². The van der Waals surface area contributed by atoms with Gasteiger partial charge in [0.25, 0.3) is 5.69 Å². The molecule has 0 saturated carbocycles. The Labute approximate surface area is 203 Å². The number of ether oxygens (including phenoxy) is 1. The lowest BCUT2D eigenvalue weighted by molar-refractivity contribution is -0.384. The van der Waals surface area contributed by atoms with Crippen LogP contribution in [-0.4, -0.2) is 70.9 Å². The minimum absolute atomic E-state index is 0.0208. The summed E-state index contributed by atoms with van der Waals surface area (Å²) in [5.41, 5.74) is 3.49. The number of hydrogen-bond acceptors (Lipinski definition) is 9. The molecule has 3 aromatic heterocycles. The van der Waals surface area contributed by atoms with Gasteiger partial charge in [-0.05, 0) is 32.3 Å². The van der Waals surface area contributed by atoms with E-state index in [0.29, 0.717) is 29.5 Å². The summed E-state index contributed by atoms with van der Waals surface area (Å²) in [6.45, 7) is 1.38. The summed E-state index contributed by atoms with van der Waals surface area (Å²) in [6, 6.07) is 8.78. The number of nitrogens with one attached hydrogen (secondary N) is 1. The molecule has 35 heavy (non-hydrogen) atoms. The molecule has 0 saturated heterocycles. The van der Waals surface area contributed by atoms with E-state index in [9.17, 15) is 10.1 Å². The molecule has 4 aromatic rings. The van der Waals surface area contributed by atoms with E-state index >= 15 is 0 Å². The summed E-state index contributed by atoms with van der Waals surface area (Å²) in [4.78, 5) is 24.0. The van der Waals surface area contributed by atoms with Crippen LogP contribution in [0, 0.1) is 10.1 Å². The number of benzene rings is 1. The summed E-state index contributed by atoms with van der Waals surface area (Å²) in [5, 5.41) is 20.6. The second-order valence-electron chi connectivity index (χ2n) is 8.44. The standard InChI is InChI=1S/C24H28N8O3/c1-29(2)10-11-30(3)20-14-22(35-5)18(13-21(20)32(33)34)27-23-12-16(6-9-26-23)24-17-15-25-8-7-19(17)31(4)28-24/h6-9,12-15H,10-11H2,1-5H3,(H,26,27). The molecular formula is C24H28N8O3. The third-order valence-corrected chi connectivity index (χ3v) is 5.74. The zero-order valence-corrected chi connectivity index (χ0v) is 20.4. The Balaban J connectivity index is 1.70. The van der Waals surface area contributed by atoms with Gasteiger partial charge in [-0.2, -0.15) is 5.10 Å². The Morgan fingerprint density at radius 2 is 1.94 bits per heavy atom. The molecule has 11 heteroatoms. The first-order chi connectivity index (χ1) is 16.8. The Hall–Kier alpha value is -4.25. The van der Waals surface area contributed by atoms with E-state index in [-0.39, 0.29) is 10.6 Å². The van der Waals surface area contributed by atoms with Crippen LogP contribution in [0.25, 0.3) is 22.2 Å². The maximum Gasteiger partial charge on any atom is 0.294 e. The summed E-state index contributed by atoms with van der Waals surface area (Å²) >= 11 is 0. The van der Waals surface area contributed by atoms with Crippen molar-refractivity contribution >= 4 is 33.8 Å². The number of nitrogens with zero attached hydrogens (tertiary/aromatic N) is 7. The third kappa shape index (κ3) is 4.99. The molecule has 0 atom stereocenters. The molecule has 0 radical (unpaired) electrons. The van der Waals surface area contributed by atoms with Crippen molar-refractivity contribution in [1.82, 2.24) is 24.6 Å². The number of nitro groups is 1. The summed E-state index contributed by atoms with van der Waals surface area (Å²) in [5.74, 6) is 0.980. The monoisotopic (exact) mass is 476 g/mol. The minimum atomic E-state index is -0.386. The van der Waals surface area contributed by atoms with E-state index < -0.39 is 0 Å². The number of rotatable bonds is 9. The lowest BCUT2D eigenvalue weighted by atomic mass is 10.1. The van der Waals surface area contributed by atoms with Gasteiger partial charge in [0.1, 0.15) is 22.9 Å². The fourth-order valence-electron chi connectivity index (χ4n) is 3.85. The molecule has 0 aliphatic rings. The van der Waals surface area contributed by atoms with Crippen LogP contribution in [0.3, 0.4) is 0 Å². The van der Waals surface area contributed by atoms with Gasteiger partial charge in [0, 0.05) is 68.9 Å². The first-order valence-electron chi connectivity index (χ1n) is 11.0. The number of likely N-dealkylation sites (N-methyl/N-ethyl adjacent to an activating group) is 2. The number of anilines is 3. The first kappa shape index (κ1) is 23.9. The van der Waals surface area contributed by atoms with Crippen molar-refractivity contribution in [3.8, 4) is 17.0 Å².